The number of allylic oxidation sites excluding steroid dienone is 7. The van der Waals surface area contributed by atoms with Gasteiger partial charge in [-0.1, -0.05) is 45.4 Å². The van der Waals surface area contributed by atoms with Gasteiger partial charge in [0.25, 0.3) is 0 Å². The number of carbonyl (C=O) groups is 3. The van der Waals surface area contributed by atoms with Gasteiger partial charge in [-0.15, -0.1) is 0 Å². The second-order valence-electron chi connectivity index (χ2n) is 17.1. The van der Waals surface area contributed by atoms with Gasteiger partial charge in [-0.3, -0.25) is 9.59 Å². The van der Waals surface area contributed by atoms with Crippen LogP contribution in [0.3, 0.4) is 0 Å². The Bertz CT molecular complexity index is 1900. The minimum atomic E-state index is -0.604. The Balaban J connectivity index is 1.13. The van der Waals surface area contributed by atoms with Crippen LogP contribution in [-0.2, 0) is 23.9 Å². The second kappa shape index (κ2) is 14.3. The molecule has 0 bridgehead atoms. The summed E-state index contributed by atoms with van der Waals surface area (Å²) in [4.78, 5) is 38.3. The number of rotatable bonds is 10. The van der Waals surface area contributed by atoms with E-state index in [1.54, 1.807) is 36.4 Å². The summed E-state index contributed by atoms with van der Waals surface area (Å²) in [5, 5.41) is 10.5. The molecule has 6 atom stereocenters. The van der Waals surface area contributed by atoms with Crippen molar-refractivity contribution in [2.24, 2.45) is 33.0 Å². The molecule has 1 N–H and O–H groups in total. The topological polar surface area (TPSA) is 118 Å². The van der Waals surface area contributed by atoms with Crippen LogP contribution in [0.25, 0.3) is 6.08 Å². The number of hydrogen-bond donors (Lipinski definition) is 1. The van der Waals surface area contributed by atoms with Gasteiger partial charge in [0.2, 0.25) is 11.5 Å². The summed E-state index contributed by atoms with van der Waals surface area (Å²) >= 11 is 0. The Labute approximate surface area is 319 Å². The van der Waals surface area contributed by atoms with Gasteiger partial charge in [-0.2, -0.15) is 0 Å². The molecule has 5 aliphatic carbocycles. The third-order valence-corrected chi connectivity index (χ3v) is 14.3. The first-order valence-electron chi connectivity index (χ1n) is 19.1. The van der Waals surface area contributed by atoms with Crippen LogP contribution in [0.1, 0.15) is 92.1 Å². The summed E-state index contributed by atoms with van der Waals surface area (Å²) in [5.41, 5.74) is 3.78. The van der Waals surface area contributed by atoms with E-state index in [0.29, 0.717) is 34.3 Å². The first kappa shape index (κ1) is 39.2. The zero-order valence-corrected chi connectivity index (χ0v) is 33.4. The lowest BCUT2D eigenvalue weighted by Gasteiger charge is -2.70. The average Bonchev–Trinajstić information content (AvgIpc) is 3.16. The maximum atomic E-state index is 13.9. The van der Waals surface area contributed by atoms with Crippen molar-refractivity contribution in [3.8, 4) is 17.2 Å². The van der Waals surface area contributed by atoms with E-state index in [-0.39, 0.29) is 52.4 Å². The van der Waals surface area contributed by atoms with E-state index in [4.69, 9.17) is 18.9 Å². The first-order valence-corrected chi connectivity index (χ1v) is 19.1. The van der Waals surface area contributed by atoms with Crippen LogP contribution in [0, 0.1) is 33.0 Å². The van der Waals surface area contributed by atoms with Crippen LogP contribution in [-0.4, -0.2) is 57.4 Å². The first-order chi connectivity index (χ1) is 25.5. The van der Waals surface area contributed by atoms with Gasteiger partial charge in [-0.05, 0) is 134 Å². The van der Waals surface area contributed by atoms with E-state index in [0.717, 1.165) is 56.1 Å². The van der Waals surface area contributed by atoms with Crippen molar-refractivity contribution in [2.45, 2.75) is 86.5 Å². The highest BCUT2D eigenvalue weighted by Crippen LogP contribution is 2.75. The molecule has 0 aromatic heterocycles. The van der Waals surface area contributed by atoms with Gasteiger partial charge in [0, 0.05) is 17.1 Å². The number of aliphatic hydroxyl groups is 1. The fraction of sp³-hybridized carbons (Fsp3) is 0.533. The predicted molar refractivity (Wildman–Crippen MR) is 207 cm³/mol. The van der Waals surface area contributed by atoms with Gasteiger partial charge >= 0.3 is 11.9 Å². The van der Waals surface area contributed by atoms with Gasteiger partial charge in [-0.25, -0.2) is 4.79 Å². The molecule has 290 valence electrons. The van der Waals surface area contributed by atoms with E-state index in [1.165, 1.54) is 33.0 Å². The molecule has 54 heavy (non-hydrogen) atoms. The maximum absolute atomic E-state index is 13.9. The molecule has 0 spiro atoms. The third kappa shape index (κ3) is 6.31. The molecule has 0 radical (unpaired) electrons. The highest BCUT2D eigenvalue weighted by atomic mass is 16.5. The molecule has 1 aromatic carbocycles. The number of ketones is 1. The van der Waals surface area contributed by atoms with Crippen LogP contribution in [0.4, 0.5) is 0 Å². The predicted octanol–water partition coefficient (Wildman–Crippen LogP) is 8.99. The highest BCUT2D eigenvalue weighted by molar-refractivity contribution is 6.06. The normalized spacial score (nSPS) is 33.1. The lowest BCUT2D eigenvalue weighted by molar-refractivity contribution is -0.181. The van der Waals surface area contributed by atoms with Crippen molar-refractivity contribution in [2.75, 3.05) is 34.5 Å². The Morgan fingerprint density at radius 2 is 1.56 bits per heavy atom. The molecule has 6 rings (SSSR count). The van der Waals surface area contributed by atoms with E-state index in [1.807, 2.05) is 6.92 Å². The molecule has 3 fully saturated rings. The number of aliphatic hydroxyl groups excluding tert-OH is 1. The summed E-state index contributed by atoms with van der Waals surface area (Å²) in [7, 11) is 4.38. The monoisotopic (exact) mass is 740 g/mol. The molecule has 9 heteroatoms. The maximum Gasteiger partial charge on any atom is 0.330 e. The molecular weight excluding hydrogens is 684 g/mol. The number of benzene rings is 1. The molecule has 0 amide bonds. The Hall–Kier alpha value is -4.53. The Kier molecular flexibility index (Phi) is 10.4. The van der Waals surface area contributed by atoms with Crippen LogP contribution < -0.4 is 14.2 Å². The van der Waals surface area contributed by atoms with Crippen LogP contribution in [0.2, 0.25) is 0 Å². The number of hydrogen-bond acceptors (Lipinski definition) is 9. The fourth-order valence-corrected chi connectivity index (χ4v) is 10.6. The van der Waals surface area contributed by atoms with Gasteiger partial charge in [0.15, 0.2) is 17.3 Å². The fourth-order valence-electron chi connectivity index (χ4n) is 10.6. The van der Waals surface area contributed by atoms with Crippen molar-refractivity contribution in [1.82, 2.24) is 0 Å². The molecule has 0 aliphatic heterocycles. The number of carbonyl (C=O) groups excluding carboxylic acids is 3. The van der Waals surface area contributed by atoms with Gasteiger partial charge in [0.1, 0.15) is 13.2 Å². The molecule has 1 aromatic rings. The van der Waals surface area contributed by atoms with Gasteiger partial charge in [0.05, 0.1) is 26.7 Å². The number of ether oxygens (including phenoxy) is 5. The minimum absolute atomic E-state index is 0.0555. The van der Waals surface area contributed by atoms with Crippen molar-refractivity contribution in [3.05, 3.63) is 82.2 Å². The van der Waals surface area contributed by atoms with E-state index < -0.39 is 11.4 Å². The molecular formula is C45H56O9. The van der Waals surface area contributed by atoms with Crippen LogP contribution in [0.5, 0.6) is 17.2 Å². The highest BCUT2D eigenvalue weighted by Gasteiger charge is 2.67. The summed E-state index contributed by atoms with van der Waals surface area (Å²) in [6.45, 7) is 13.9. The van der Waals surface area contributed by atoms with Crippen molar-refractivity contribution in [1.29, 1.82) is 0 Å². The summed E-state index contributed by atoms with van der Waals surface area (Å²) in [6.07, 6.45) is 19.2. The standard InChI is InChI=1S/C45H56O9/c1-28-30-13-14-35-43(4,31(30)26-32(46)38(28)48)19-21-45(6)36-27-42(3,17-16-41(36,2)18-20-44(35,45)5)40(49)54-23-11-10-22-53-39-33(50-7)24-29(25-34(39)51-8)12-15-37(47)52-9/h10-15,24-26,36,48H,16-23,27H2,1-9H3/b11-10+,15-12+/t36-,41-,42-,43+,44-,45+/m1/s1. The van der Waals surface area contributed by atoms with Crippen molar-refractivity contribution >= 4 is 23.8 Å². The van der Waals surface area contributed by atoms with Crippen LogP contribution in [0.15, 0.2) is 76.6 Å². The quantitative estimate of drug-likeness (QED) is 0.143. The number of fused-ring (bicyclic) bond motifs is 7. The molecule has 9 nitrogen and oxygen atoms in total. The van der Waals surface area contributed by atoms with Crippen molar-refractivity contribution < 1.29 is 43.2 Å². The zero-order valence-electron chi connectivity index (χ0n) is 33.4. The van der Waals surface area contributed by atoms with E-state index in [2.05, 4.69) is 51.5 Å². The smallest absolute Gasteiger partial charge is 0.330 e. The molecule has 0 heterocycles. The van der Waals surface area contributed by atoms with E-state index in [9.17, 15) is 19.5 Å². The number of esters is 2. The Morgan fingerprint density at radius 3 is 2.22 bits per heavy atom. The van der Waals surface area contributed by atoms with Gasteiger partial charge < -0.3 is 28.8 Å². The summed E-state index contributed by atoms with van der Waals surface area (Å²) in [5.74, 6) is 0.527. The SMILES string of the molecule is COC(=O)/C=C/c1cc(OC)c(OC/C=C/COC(=O)[C@]2(C)CC[C@]3(C)CC[C@]4(C)C5=CC=C6C(=CC(=O)C(O)=C6C)[C@]5(C)CC[C@@]4(C)[C@@H]3C2)c(OC)c1. The summed E-state index contributed by atoms with van der Waals surface area (Å²) < 4.78 is 27.6. The summed E-state index contributed by atoms with van der Waals surface area (Å²) in [6, 6.07) is 3.47. The zero-order chi connectivity index (χ0) is 39.3. The Morgan fingerprint density at radius 1 is 0.889 bits per heavy atom. The van der Waals surface area contributed by atoms with Crippen LogP contribution >= 0.6 is 0 Å². The van der Waals surface area contributed by atoms with Crippen molar-refractivity contribution in [3.63, 3.8) is 0 Å². The van der Waals surface area contributed by atoms with E-state index >= 15 is 0 Å². The molecule has 0 saturated heterocycles. The number of methoxy groups -OCH3 is 3. The molecule has 0 unspecified atom stereocenters. The molecule has 5 aliphatic rings. The minimum Gasteiger partial charge on any atom is -0.504 e. The average molecular weight is 741 g/mol. The second-order valence-corrected chi connectivity index (χ2v) is 17.1. The molecule has 3 saturated carbocycles. The largest absolute Gasteiger partial charge is 0.504 e. The lowest BCUT2D eigenvalue weighted by atomic mass is 9.34. The third-order valence-electron chi connectivity index (χ3n) is 14.3. The lowest BCUT2D eigenvalue weighted by Crippen LogP contribution is -2.62.